The lowest BCUT2D eigenvalue weighted by molar-refractivity contribution is -0.115. The second-order valence-electron chi connectivity index (χ2n) is 5.39. The molecule has 0 fully saturated rings. The average molecular weight is 362 g/mol. The van der Waals surface area contributed by atoms with Gasteiger partial charge in [-0.2, -0.15) is 0 Å². The number of ether oxygens (including phenoxy) is 1. The highest BCUT2D eigenvalue weighted by atomic mass is 32.1. The van der Waals surface area contributed by atoms with E-state index in [9.17, 15) is 9.59 Å². The van der Waals surface area contributed by atoms with Gasteiger partial charge in [-0.05, 0) is 37.8 Å². The van der Waals surface area contributed by atoms with Crippen LogP contribution in [0.4, 0.5) is 5.69 Å². The van der Waals surface area contributed by atoms with Crippen molar-refractivity contribution >= 4 is 50.5 Å². The Hall–Kier alpha value is -2.12. The maximum Gasteiger partial charge on any atom is 0.356 e. The van der Waals surface area contributed by atoms with Gasteiger partial charge in [-0.1, -0.05) is 6.07 Å². The van der Waals surface area contributed by atoms with Gasteiger partial charge in [-0.15, -0.1) is 22.7 Å². The fourth-order valence-corrected chi connectivity index (χ4v) is 4.33. The zero-order chi connectivity index (χ0) is 17.3. The van der Waals surface area contributed by atoms with Gasteiger partial charge >= 0.3 is 5.97 Å². The molecule has 3 aromatic rings. The van der Waals surface area contributed by atoms with Crippen molar-refractivity contribution in [1.82, 2.24) is 4.98 Å². The Kier molecular flexibility index (Phi) is 4.73. The third-order valence-corrected chi connectivity index (χ3v) is 5.78. The standard InChI is InChI=1S/C17H18N2O3S2/c1-4-22-17(21)15-14(13-9(2)10(3)24-16(13)19-15)18-12(20)8-11-6-5-7-23-11/h5-7,19H,4,8H2,1-3H3,(H,18,20). The van der Waals surface area contributed by atoms with Gasteiger partial charge < -0.3 is 15.0 Å². The van der Waals surface area contributed by atoms with Gasteiger partial charge in [0.25, 0.3) is 0 Å². The van der Waals surface area contributed by atoms with Gasteiger partial charge in [-0.25, -0.2) is 4.79 Å². The predicted octanol–water partition coefficient (Wildman–Crippen LogP) is 4.27. The number of hydrogen-bond donors (Lipinski definition) is 2. The van der Waals surface area contributed by atoms with E-state index in [2.05, 4.69) is 10.3 Å². The largest absolute Gasteiger partial charge is 0.461 e. The Labute approximate surface area is 147 Å². The normalized spacial score (nSPS) is 11.0. The number of aromatic nitrogens is 1. The molecule has 0 aliphatic rings. The summed E-state index contributed by atoms with van der Waals surface area (Å²) in [5.41, 5.74) is 1.89. The second kappa shape index (κ2) is 6.78. The fourth-order valence-electron chi connectivity index (χ4n) is 2.55. The van der Waals surface area contributed by atoms with Gasteiger partial charge in [0.1, 0.15) is 4.83 Å². The van der Waals surface area contributed by atoms with Gasteiger partial charge in [0.2, 0.25) is 5.91 Å². The number of aryl methyl sites for hydroxylation is 2. The highest BCUT2D eigenvalue weighted by Crippen LogP contribution is 2.38. The highest BCUT2D eigenvalue weighted by Gasteiger charge is 2.24. The van der Waals surface area contributed by atoms with Gasteiger partial charge in [0, 0.05) is 15.1 Å². The Morgan fingerprint density at radius 2 is 2.12 bits per heavy atom. The zero-order valence-corrected chi connectivity index (χ0v) is 15.3. The molecule has 0 atom stereocenters. The highest BCUT2D eigenvalue weighted by molar-refractivity contribution is 7.19. The van der Waals surface area contributed by atoms with E-state index in [1.165, 1.54) is 11.3 Å². The molecule has 0 spiro atoms. The van der Waals surface area contributed by atoms with Crippen molar-refractivity contribution < 1.29 is 14.3 Å². The van der Waals surface area contributed by atoms with E-state index < -0.39 is 5.97 Å². The van der Waals surface area contributed by atoms with Crippen molar-refractivity contribution in [1.29, 1.82) is 0 Å². The van der Waals surface area contributed by atoms with Crippen LogP contribution >= 0.6 is 22.7 Å². The van der Waals surface area contributed by atoms with Crippen molar-refractivity contribution in [2.45, 2.75) is 27.2 Å². The summed E-state index contributed by atoms with van der Waals surface area (Å²) in [4.78, 5) is 30.8. The molecule has 3 rings (SSSR count). The first-order chi connectivity index (χ1) is 11.5. The Morgan fingerprint density at radius 3 is 2.79 bits per heavy atom. The quantitative estimate of drug-likeness (QED) is 0.666. The van der Waals surface area contributed by atoms with Crippen LogP contribution in [-0.2, 0) is 16.0 Å². The number of rotatable bonds is 5. The molecule has 2 N–H and O–H groups in total. The summed E-state index contributed by atoms with van der Waals surface area (Å²) in [5, 5.41) is 5.73. The van der Waals surface area contributed by atoms with Gasteiger partial charge in [0.05, 0.1) is 18.7 Å². The number of carbonyl (C=O) groups excluding carboxylic acids is 2. The maximum atomic E-state index is 12.4. The lowest BCUT2D eigenvalue weighted by Gasteiger charge is -2.07. The number of esters is 1. The van der Waals surface area contributed by atoms with Crippen molar-refractivity contribution in [3.8, 4) is 0 Å². The molecular formula is C17H18N2O3S2. The number of carbonyl (C=O) groups is 2. The van der Waals surface area contributed by atoms with Crippen LogP contribution in [0.15, 0.2) is 17.5 Å². The molecule has 0 bridgehead atoms. The zero-order valence-electron chi connectivity index (χ0n) is 13.7. The summed E-state index contributed by atoms with van der Waals surface area (Å²) in [7, 11) is 0. The molecule has 0 aliphatic carbocycles. The van der Waals surface area contributed by atoms with E-state index in [0.717, 1.165) is 25.5 Å². The summed E-state index contributed by atoms with van der Waals surface area (Å²) in [6.45, 7) is 6.06. The number of fused-ring (bicyclic) bond motifs is 1. The molecule has 1 amide bonds. The van der Waals surface area contributed by atoms with Crippen molar-refractivity contribution in [2.75, 3.05) is 11.9 Å². The van der Waals surface area contributed by atoms with Crippen LogP contribution in [-0.4, -0.2) is 23.5 Å². The lowest BCUT2D eigenvalue weighted by atomic mass is 10.1. The monoisotopic (exact) mass is 362 g/mol. The maximum absolute atomic E-state index is 12.4. The number of hydrogen-bond acceptors (Lipinski definition) is 5. The molecular weight excluding hydrogens is 344 g/mol. The van der Waals surface area contributed by atoms with Crippen molar-refractivity contribution in [3.63, 3.8) is 0 Å². The second-order valence-corrected chi connectivity index (χ2v) is 7.64. The van der Waals surface area contributed by atoms with Gasteiger partial charge in [0.15, 0.2) is 5.69 Å². The third-order valence-electron chi connectivity index (χ3n) is 3.78. The molecule has 0 aliphatic heterocycles. The fraction of sp³-hybridized carbons (Fsp3) is 0.294. The van der Waals surface area contributed by atoms with E-state index in [1.54, 1.807) is 18.3 Å². The predicted molar refractivity (Wildman–Crippen MR) is 98.3 cm³/mol. The first-order valence-corrected chi connectivity index (χ1v) is 9.31. The first-order valence-electron chi connectivity index (χ1n) is 7.62. The van der Waals surface area contributed by atoms with Crippen LogP contribution in [0, 0.1) is 13.8 Å². The molecule has 0 saturated heterocycles. The number of H-pyrrole nitrogens is 1. The summed E-state index contributed by atoms with van der Waals surface area (Å²) in [6.07, 6.45) is 0.286. The smallest absolute Gasteiger partial charge is 0.356 e. The van der Waals surface area contributed by atoms with E-state index in [1.807, 2.05) is 31.4 Å². The summed E-state index contributed by atoms with van der Waals surface area (Å²) in [6, 6.07) is 3.83. The van der Waals surface area contributed by atoms with Crippen LogP contribution in [0.25, 0.3) is 10.2 Å². The number of aromatic amines is 1. The van der Waals surface area contributed by atoms with Crippen molar-refractivity contribution in [2.24, 2.45) is 0 Å². The summed E-state index contributed by atoms with van der Waals surface area (Å²) >= 11 is 3.10. The summed E-state index contributed by atoms with van der Waals surface area (Å²) in [5.74, 6) is -0.600. The molecule has 0 saturated carbocycles. The van der Waals surface area contributed by atoms with Crippen LogP contribution in [0.2, 0.25) is 0 Å². The molecule has 126 valence electrons. The molecule has 0 aromatic carbocycles. The van der Waals surface area contributed by atoms with E-state index >= 15 is 0 Å². The molecule has 0 unspecified atom stereocenters. The minimum absolute atomic E-state index is 0.146. The van der Waals surface area contributed by atoms with E-state index in [-0.39, 0.29) is 18.9 Å². The molecule has 5 nitrogen and oxygen atoms in total. The van der Waals surface area contributed by atoms with E-state index in [0.29, 0.717) is 11.4 Å². The van der Waals surface area contributed by atoms with Crippen molar-refractivity contribution in [3.05, 3.63) is 38.5 Å². The average Bonchev–Trinajstić information content (AvgIpc) is 3.20. The molecule has 0 radical (unpaired) electrons. The minimum atomic E-state index is -0.454. The Morgan fingerprint density at radius 1 is 1.33 bits per heavy atom. The molecule has 7 heteroatoms. The SMILES string of the molecule is CCOC(=O)c1[nH]c2sc(C)c(C)c2c1NC(=O)Cc1cccs1. The number of nitrogens with one attached hydrogen (secondary N) is 2. The number of thiophene rings is 2. The van der Waals surface area contributed by atoms with Crippen LogP contribution in [0.5, 0.6) is 0 Å². The Bertz CT molecular complexity index is 891. The molecule has 3 heterocycles. The molecule has 3 aromatic heterocycles. The van der Waals surface area contributed by atoms with Crippen LogP contribution in [0.1, 0.15) is 32.7 Å². The molecule has 24 heavy (non-hydrogen) atoms. The van der Waals surface area contributed by atoms with Crippen LogP contribution in [0.3, 0.4) is 0 Å². The Balaban J connectivity index is 1.98. The topological polar surface area (TPSA) is 71.2 Å². The van der Waals surface area contributed by atoms with Gasteiger partial charge in [-0.3, -0.25) is 4.79 Å². The third kappa shape index (κ3) is 3.09. The lowest BCUT2D eigenvalue weighted by Crippen LogP contribution is -2.17. The van der Waals surface area contributed by atoms with E-state index in [4.69, 9.17) is 4.74 Å². The first kappa shape index (κ1) is 16.7. The van der Waals surface area contributed by atoms with Crippen LogP contribution < -0.4 is 5.32 Å². The summed E-state index contributed by atoms with van der Waals surface area (Å²) < 4.78 is 5.11. The number of anilines is 1. The number of amides is 1. The minimum Gasteiger partial charge on any atom is -0.461 e.